The second kappa shape index (κ2) is 6.51. The van der Waals surface area contributed by atoms with E-state index >= 15 is 0 Å². The zero-order chi connectivity index (χ0) is 18.4. The monoisotopic (exact) mass is 365 g/mol. The van der Waals surface area contributed by atoms with E-state index in [1.165, 1.54) is 34.2 Å². The third kappa shape index (κ3) is 2.73. The fourth-order valence-electron chi connectivity index (χ4n) is 4.17. The van der Waals surface area contributed by atoms with Gasteiger partial charge in [-0.15, -0.1) is 11.3 Å². The van der Waals surface area contributed by atoms with E-state index in [1.807, 2.05) is 6.92 Å². The molecule has 2 heterocycles. The Bertz CT molecular complexity index is 1020. The summed E-state index contributed by atoms with van der Waals surface area (Å²) < 4.78 is 0. The lowest BCUT2D eigenvalue weighted by Gasteiger charge is -2.19. The topological polar surface area (TPSA) is 50.2 Å². The average molecular weight is 365 g/mol. The van der Waals surface area contributed by atoms with Crippen molar-refractivity contribution in [1.29, 1.82) is 0 Å². The van der Waals surface area contributed by atoms with Gasteiger partial charge < -0.3 is 5.11 Å². The molecule has 4 heteroatoms. The molecule has 1 unspecified atom stereocenters. The van der Waals surface area contributed by atoms with Gasteiger partial charge in [-0.05, 0) is 68.7 Å². The minimum Gasteiger partial charge on any atom is -0.481 e. The van der Waals surface area contributed by atoms with Gasteiger partial charge in [-0.2, -0.15) is 0 Å². The number of aryl methyl sites for hydroxylation is 4. The molecule has 2 aromatic heterocycles. The van der Waals surface area contributed by atoms with E-state index in [0.717, 1.165) is 40.1 Å². The molecule has 134 valence electrons. The number of benzene rings is 1. The first-order chi connectivity index (χ1) is 12.5. The van der Waals surface area contributed by atoms with Crippen LogP contribution < -0.4 is 0 Å². The highest BCUT2D eigenvalue weighted by atomic mass is 32.1. The SMILES string of the molecule is Cc1cccc(-c2c(C(C)C(=O)O)c(C)nc3sc4c(c23)CCCC4)c1. The number of nitrogens with zero attached hydrogens (tertiary/aromatic N) is 1. The molecular formula is C22H23NO2S. The summed E-state index contributed by atoms with van der Waals surface area (Å²) in [6, 6.07) is 8.41. The van der Waals surface area contributed by atoms with Crippen molar-refractivity contribution in [2.75, 3.05) is 0 Å². The number of hydrogen-bond acceptors (Lipinski definition) is 3. The van der Waals surface area contributed by atoms with Crippen LogP contribution in [0.15, 0.2) is 24.3 Å². The molecule has 1 aliphatic rings. The summed E-state index contributed by atoms with van der Waals surface area (Å²) in [5.74, 6) is -1.38. The van der Waals surface area contributed by atoms with Gasteiger partial charge >= 0.3 is 5.97 Å². The van der Waals surface area contributed by atoms with Gasteiger partial charge in [0.25, 0.3) is 0 Å². The van der Waals surface area contributed by atoms with Gasteiger partial charge in [-0.25, -0.2) is 4.98 Å². The van der Waals surface area contributed by atoms with Crippen LogP contribution in [0.5, 0.6) is 0 Å². The predicted molar refractivity (Wildman–Crippen MR) is 107 cm³/mol. The van der Waals surface area contributed by atoms with E-state index in [1.54, 1.807) is 18.3 Å². The van der Waals surface area contributed by atoms with Crippen LogP contribution in [-0.2, 0) is 17.6 Å². The van der Waals surface area contributed by atoms with Gasteiger partial charge in [-0.3, -0.25) is 4.79 Å². The summed E-state index contributed by atoms with van der Waals surface area (Å²) in [5.41, 5.74) is 6.48. The third-order valence-electron chi connectivity index (χ3n) is 5.44. The lowest BCUT2D eigenvalue weighted by Crippen LogP contribution is -2.12. The van der Waals surface area contributed by atoms with Crippen molar-refractivity contribution in [3.8, 4) is 11.1 Å². The van der Waals surface area contributed by atoms with Gasteiger partial charge in [0.15, 0.2) is 0 Å². The number of carboxylic acids is 1. The summed E-state index contributed by atoms with van der Waals surface area (Å²) in [6.45, 7) is 5.81. The maximum atomic E-state index is 11.8. The van der Waals surface area contributed by atoms with Gasteiger partial charge in [0.1, 0.15) is 4.83 Å². The van der Waals surface area contributed by atoms with Crippen LogP contribution >= 0.6 is 11.3 Å². The highest BCUT2D eigenvalue weighted by molar-refractivity contribution is 7.19. The average Bonchev–Trinajstić information content (AvgIpc) is 2.97. The molecule has 0 radical (unpaired) electrons. The summed E-state index contributed by atoms with van der Waals surface area (Å²) in [5, 5.41) is 10.9. The molecule has 0 fully saturated rings. The van der Waals surface area contributed by atoms with Crippen LogP contribution in [0, 0.1) is 13.8 Å². The Morgan fingerprint density at radius 2 is 2.00 bits per heavy atom. The molecule has 26 heavy (non-hydrogen) atoms. The Hall–Kier alpha value is -2.20. The van der Waals surface area contributed by atoms with E-state index in [-0.39, 0.29) is 0 Å². The predicted octanol–water partition coefficient (Wildman–Crippen LogP) is 5.65. The number of pyridine rings is 1. The highest BCUT2D eigenvalue weighted by Crippen LogP contribution is 2.44. The molecule has 0 aliphatic heterocycles. The molecule has 1 aliphatic carbocycles. The smallest absolute Gasteiger partial charge is 0.310 e. The van der Waals surface area contributed by atoms with Crippen molar-refractivity contribution >= 4 is 27.5 Å². The van der Waals surface area contributed by atoms with Crippen molar-refractivity contribution in [2.24, 2.45) is 0 Å². The van der Waals surface area contributed by atoms with Crippen LogP contribution in [0.4, 0.5) is 0 Å². The van der Waals surface area contributed by atoms with Crippen LogP contribution in [0.1, 0.15) is 52.9 Å². The van der Waals surface area contributed by atoms with Crippen LogP contribution in [0.2, 0.25) is 0 Å². The number of thiophene rings is 1. The minimum absolute atomic E-state index is 0.582. The molecule has 1 N–H and O–H groups in total. The molecule has 1 aromatic carbocycles. The second-order valence-electron chi connectivity index (χ2n) is 7.31. The van der Waals surface area contributed by atoms with E-state index in [4.69, 9.17) is 4.98 Å². The number of hydrogen-bond donors (Lipinski definition) is 1. The molecule has 0 saturated carbocycles. The van der Waals surface area contributed by atoms with Gasteiger partial charge in [-0.1, -0.05) is 29.8 Å². The largest absolute Gasteiger partial charge is 0.481 e. The molecule has 0 saturated heterocycles. The van der Waals surface area contributed by atoms with Crippen molar-refractivity contribution < 1.29 is 9.90 Å². The standard InChI is InChI=1S/C22H23NO2S/c1-12-7-6-8-15(11-12)19-18(13(2)22(24)25)14(3)23-21-20(19)16-9-4-5-10-17(16)26-21/h6-8,11,13H,4-5,9-10H2,1-3H3,(H,24,25). The fourth-order valence-corrected chi connectivity index (χ4v) is 5.49. The Kier molecular flexibility index (Phi) is 4.31. The van der Waals surface area contributed by atoms with Crippen molar-refractivity contribution in [2.45, 2.75) is 52.4 Å². The maximum absolute atomic E-state index is 11.8. The molecule has 3 nitrogen and oxygen atoms in total. The first-order valence-corrected chi connectivity index (χ1v) is 10.0. The first kappa shape index (κ1) is 17.2. The van der Waals surface area contributed by atoms with Gasteiger partial charge in [0, 0.05) is 16.0 Å². The Morgan fingerprint density at radius 3 is 2.73 bits per heavy atom. The van der Waals surface area contributed by atoms with E-state index in [9.17, 15) is 9.90 Å². The van der Waals surface area contributed by atoms with Crippen molar-refractivity contribution in [3.05, 3.63) is 51.5 Å². The zero-order valence-corrected chi connectivity index (χ0v) is 16.2. The highest BCUT2D eigenvalue weighted by Gasteiger charge is 2.27. The van der Waals surface area contributed by atoms with E-state index in [0.29, 0.717) is 0 Å². The molecule has 3 aromatic rings. The normalized spacial score (nSPS) is 15.0. The summed E-state index contributed by atoms with van der Waals surface area (Å²) >= 11 is 1.80. The summed E-state index contributed by atoms with van der Waals surface area (Å²) in [4.78, 5) is 19.2. The minimum atomic E-state index is -0.799. The molecule has 0 bridgehead atoms. The Morgan fingerprint density at radius 1 is 1.23 bits per heavy atom. The summed E-state index contributed by atoms with van der Waals surface area (Å²) in [6.07, 6.45) is 4.62. The third-order valence-corrected chi connectivity index (χ3v) is 6.63. The number of carboxylic acid groups (broad SMARTS) is 1. The van der Waals surface area contributed by atoms with E-state index in [2.05, 4.69) is 31.2 Å². The molecule has 0 spiro atoms. The number of fused-ring (bicyclic) bond motifs is 3. The lowest BCUT2D eigenvalue weighted by molar-refractivity contribution is -0.138. The molecule has 0 amide bonds. The zero-order valence-electron chi connectivity index (χ0n) is 15.4. The summed E-state index contributed by atoms with van der Waals surface area (Å²) in [7, 11) is 0. The quantitative estimate of drug-likeness (QED) is 0.653. The number of carbonyl (C=O) groups is 1. The lowest BCUT2D eigenvalue weighted by atomic mass is 9.85. The Labute approximate surface area is 157 Å². The Balaban J connectivity index is 2.14. The van der Waals surface area contributed by atoms with Crippen molar-refractivity contribution in [1.82, 2.24) is 4.98 Å². The van der Waals surface area contributed by atoms with Gasteiger partial charge in [0.05, 0.1) is 5.92 Å². The first-order valence-electron chi connectivity index (χ1n) is 9.22. The van der Waals surface area contributed by atoms with Gasteiger partial charge in [0.2, 0.25) is 0 Å². The van der Waals surface area contributed by atoms with Crippen LogP contribution in [0.3, 0.4) is 0 Å². The number of rotatable bonds is 3. The number of aromatic nitrogens is 1. The molecular weight excluding hydrogens is 342 g/mol. The fraction of sp³-hybridized carbons (Fsp3) is 0.364. The van der Waals surface area contributed by atoms with Crippen molar-refractivity contribution in [3.63, 3.8) is 0 Å². The van der Waals surface area contributed by atoms with Crippen LogP contribution in [-0.4, -0.2) is 16.1 Å². The second-order valence-corrected chi connectivity index (χ2v) is 8.39. The maximum Gasteiger partial charge on any atom is 0.310 e. The number of aliphatic carboxylic acids is 1. The van der Waals surface area contributed by atoms with E-state index < -0.39 is 11.9 Å². The molecule has 4 rings (SSSR count). The molecule has 1 atom stereocenters. The van der Waals surface area contributed by atoms with Crippen LogP contribution in [0.25, 0.3) is 21.3 Å².